The molecule has 12 heavy (non-hydrogen) atoms. The fourth-order valence-corrected chi connectivity index (χ4v) is 1.18. The Labute approximate surface area is 70.2 Å². The van der Waals surface area contributed by atoms with Crippen molar-refractivity contribution >= 4 is 0 Å². The van der Waals surface area contributed by atoms with Crippen LogP contribution in [0.15, 0.2) is 0 Å². The molecule has 0 amide bonds. The molecule has 0 aliphatic carbocycles. The van der Waals surface area contributed by atoms with E-state index in [9.17, 15) is 10.2 Å². The van der Waals surface area contributed by atoms with Crippen LogP contribution in [0, 0.1) is 6.92 Å². The van der Waals surface area contributed by atoms with Crippen LogP contribution in [0.3, 0.4) is 0 Å². The molecule has 0 saturated carbocycles. The minimum atomic E-state index is -1.31. The van der Waals surface area contributed by atoms with Gasteiger partial charge in [0.1, 0.15) is 24.4 Å². The van der Waals surface area contributed by atoms with Crippen molar-refractivity contribution < 1.29 is 25.2 Å². The monoisotopic (exact) mass is 177 g/mol. The maximum absolute atomic E-state index is 9.20. The Bertz CT molecular complexity index is 146. The molecule has 0 unspecified atom stereocenters. The first-order valence-corrected chi connectivity index (χ1v) is 3.71. The van der Waals surface area contributed by atoms with E-state index in [1.807, 2.05) is 0 Å². The molecule has 1 fully saturated rings. The summed E-state index contributed by atoms with van der Waals surface area (Å²) in [6, 6.07) is 0. The second kappa shape index (κ2) is 3.68. The van der Waals surface area contributed by atoms with Crippen molar-refractivity contribution in [2.75, 3.05) is 6.61 Å². The van der Waals surface area contributed by atoms with Crippen LogP contribution in [0.25, 0.3) is 0 Å². The van der Waals surface area contributed by atoms with E-state index in [1.165, 1.54) is 0 Å². The van der Waals surface area contributed by atoms with Crippen molar-refractivity contribution in [2.24, 2.45) is 0 Å². The first-order chi connectivity index (χ1) is 5.57. The van der Waals surface area contributed by atoms with Crippen molar-refractivity contribution in [3.63, 3.8) is 0 Å². The van der Waals surface area contributed by atoms with E-state index >= 15 is 0 Å². The molecular formula is C7H13O5. The standard InChI is InChI=1S/C7H13O5/c1-3-5(9)7(11)6(10)4(2-8)12-3/h3-11H,1-2H2/t3-,4+,5-,6-,7+/m0/s1. The van der Waals surface area contributed by atoms with Crippen LogP contribution in [0.4, 0.5) is 0 Å². The second-order valence-electron chi connectivity index (χ2n) is 2.87. The lowest BCUT2D eigenvalue weighted by Gasteiger charge is -2.38. The molecule has 1 rings (SSSR count). The molecule has 1 heterocycles. The zero-order valence-electron chi connectivity index (χ0n) is 6.50. The van der Waals surface area contributed by atoms with E-state index < -0.39 is 37.1 Å². The minimum Gasteiger partial charge on any atom is -0.394 e. The van der Waals surface area contributed by atoms with E-state index in [1.54, 1.807) is 0 Å². The number of aliphatic hydroxyl groups is 4. The van der Waals surface area contributed by atoms with Gasteiger partial charge in [-0.2, -0.15) is 0 Å². The number of ether oxygens (including phenoxy) is 1. The van der Waals surface area contributed by atoms with Gasteiger partial charge >= 0.3 is 0 Å². The van der Waals surface area contributed by atoms with Crippen molar-refractivity contribution in [3.8, 4) is 0 Å². The molecule has 1 radical (unpaired) electrons. The molecule has 0 aromatic heterocycles. The van der Waals surface area contributed by atoms with Crippen molar-refractivity contribution in [3.05, 3.63) is 6.92 Å². The van der Waals surface area contributed by atoms with Gasteiger partial charge in [-0.25, -0.2) is 0 Å². The summed E-state index contributed by atoms with van der Waals surface area (Å²) in [5.41, 5.74) is 0. The first kappa shape index (κ1) is 9.88. The predicted octanol–water partition coefficient (Wildman–Crippen LogP) is -2.34. The Morgan fingerprint density at radius 3 is 2.17 bits per heavy atom. The van der Waals surface area contributed by atoms with Gasteiger partial charge in [-0.05, 0) is 6.92 Å². The van der Waals surface area contributed by atoms with Gasteiger partial charge in [0, 0.05) is 0 Å². The third kappa shape index (κ3) is 1.60. The maximum atomic E-state index is 9.20. The summed E-state index contributed by atoms with van der Waals surface area (Å²) < 4.78 is 4.91. The zero-order valence-corrected chi connectivity index (χ0v) is 6.50. The Kier molecular flexibility index (Phi) is 3.03. The van der Waals surface area contributed by atoms with Crippen LogP contribution in [0.2, 0.25) is 0 Å². The predicted molar refractivity (Wildman–Crippen MR) is 39.1 cm³/mol. The van der Waals surface area contributed by atoms with E-state index in [4.69, 9.17) is 14.9 Å². The van der Waals surface area contributed by atoms with E-state index in [-0.39, 0.29) is 0 Å². The lowest BCUT2D eigenvalue weighted by atomic mass is 9.96. The summed E-state index contributed by atoms with van der Waals surface area (Å²) in [7, 11) is 0. The van der Waals surface area contributed by atoms with E-state index in [2.05, 4.69) is 6.92 Å². The van der Waals surface area contributed by atoms with Gasteiger partial charge in [-0.3, -0.25) is 0 Å². The molecule has 71 valence electrons. The van der Waals surface area contributed by atoms with Crippen molar-refractivity contribution in [1.29, 1.82) is 0 Å². The van der Waals surface area contributed by atoms with Crippen LogP contribution in [0.1, 0.15) is 0 Å². The molecule has 0 bridgehead atoms. The van der Waals surface area contributed by atoms with Crippen LogP contribution >= 0.6 is 0 Å². The SMILES string of the molecule is [CH2][C@@H]1O[C@H](CO)[C@H](O)[C@H](O)[C@H]1O. The van der Waals surface area contributed by atoms with Gasteiger partial charge in [0.15, 0.2) is 0 Å². The third-order valence-electron chi connectivity index (χ3n) is 1.99. The molecule has 5 nitrogen and oxygen atoms in total. The normalized spacial score (nSPS) is 49.2. The van der Waals surface area contributed by atoms with E-state index in [0.29, 0.717) is 0 Å². The molecule has 0 spiro atoms. The third-order valence-corrected chi connectivity index (χ3v) is 1.99. The highest BCUT2D eigenvalue weighted by atomic mass is 16.5. The molecule has 0 aromatic rings. The van der Waals surface area contributed by atoms with Crippen LogP contribution in [-0.2, 0) is 4.74 Å². The highest BCUT2D eigenvalue weighted by molar-refractivity contribution is 4.92. The Morgan fingerprint density at radius 1 is 1.08 bits per heavy atom. The van der Waals surface area contributed by atoms with Crippen molar-refractivity contribution in [1.82, 2.24) is 0 Å². The molecule has 1 aliphatic heterocycles. The molecular weight excluding hydrogens is 164 g/mol. The highest BCUT2D eigenvalue weighted by Gasteiger charge is 2.41. The Morgan fingerprint density at radius 2 is 1.67 bits per heavy atom. The van der Waals surface area contributed by atoms with Gasteiger partial charge in [-0.1, -0.05) is 0 Å². The largest absolute Gasteiger partial charge is 0.394 e. The quantitative estimate of drug-likeness (QED) is 0.360. The summed E-state index contributed by atoms with van der Waals surface area (Å²) in [5, 5.41) is 36.2. The smallest absolute Gasteiger partial charge is 0.111 e. The molecule has 0 aromatic carbocycles. The first-order valence-electron chi connectivity index (χ1n) is 3.71. The van der Waals surface area contributed by atoms with Gasteiger partial charge in [0.25, 0.3) is 0 Å². The average Bonchev–Trinajstić information content (AvgIpc) is 2.08. The number of rotatable bonds is 1. The second-order valence-corrected chi connectivity index (χ2v) is 2.87. The maximum Gasteiger partial charge on any atom is 0.111 e. The van der Waals surface area contributed by atoms with Gasteiger partial charge in [0.05, 0.1) is 12.7 Å². The Balaban J connectivity index is 2.63. The molecule has 1 saturated heterocycles. The number of aliphatic hydroxyl groups excluding tert-OH is 4. The Hall–Kier alpha value is -0.200. The number of hydrogen-bond acceptors (Lipinski definition) is 5. The van der Waals surface area contributed by atoms with Gasteiger partial charge in [0.2, 0.25) is 0 Å². The summed E-state index contributed by atoms with van der Waals surface area (Å²) in [5.74, 6) is 0. The molecule has 4 N–H and O–H groups in total. The van der Waals surface area contributed by atoms with Crippen molar-refractivity contribution in [2.45, 2.75) is 30.5 Å². The minimum absolute atomic E-state index is 0.406. The van der Waals surface area contributed by atoms with Crippen LogP contribution < -0.4 is 0 Å². The lowest BCUT2D eigenvalue weighted by Crippen LogP contribution is -2.57. The fourth-order valence-electron chi connectivity index (χ4n) is 1.18. The van der Waals surface area contributed by atoms with Gasteiger partial charge < -0.3 is 25.2 Å². The van der Waals surface area contributed by atoms with Crippen LogP contribution in [0.5, 0.6) is 0 Å². The molecule has 5 atom stereocenters. The topological polar surface area (TPSA) is 90.2 Å². The van der Waals surface area contributed by atoms with Crippen LogP contribution in [-0.4, -0.2) is 57.6 Å². The summed E-state index contributed by atoms with van der Waals surface area (Å²) in [6.45, 7) is 3.00. The molecule has 1 aliphatic rings. The zero-order chi connectivity index (χ0) is 9.30. The average molecular weight is 177 g/mol. The summed E-state index contributed by atoms with van der Waals surface area (Å²) in [4.78, 5) is 0. The molecule has 5 heteroatoms. The van der Waals surface area contributed by atoms with Gasteiger partial charge in [-0.15, -0.1) is 0 Å². The number of hydrogen-bond donors (Lipinski definition) is 4. The highest BCUT2D eigenvalue weighted by Crippen LogP contribution is 2.19. The summed E-state index contributed by atoms with van der Waals surface area (Å²) in [6.07, 6.45) is -5.46. The summed E-state index contributed by atoms with van der Waals surface area (Å²) >= 11 is 0. The lowest BCUT2D eigenvalue weighted by molar-refractivity contribution is -0.217. The fraction of sp³-hybridized carbons (Fsp3) is 0.857. The van der Waals surface area contributed by atoms with E-state index in [0.717, 1.165) is 0 Å².